The van der Waals surface area contributed by atoms with Gasteiger partial charge >= 0.3 is 120 Å². The van der Waals surface area contributed by atoms with Gasteiger partial charge in [-0.05, 0) is 19.3 Å². The van der Waals surface area contributed by atoms with Gasteiger partial charge in [0.1, 0.15) is 0 Å². The number of aryl methyl sites for hydroxylation is 1. The molecule has 1 fully saturated rings. The van der Waals surface area contributed by atoms with Gasteiger partial charge in [0.2, 0.25) is 0 Å². The number of ether oxygens (including phenoxy) is 1. The van der Waals surface area contributed by atoms with Crippen LogP contribution in [-0.4, -0.2) is 55.4 Å². The van der Waals surface area contributed by atoms with Crippen molar-refractivity contribution >= 4 is 47.3 Å². The fraction of sp³-hybridized carbons (Fsp3) is 0.435. The molecule has 2 aliphatic rings. The Bertz CT molecular complexity index is 807. The van der Waals surface area contributed by atoms with E-state index in [0.717, 1.165) is 18.8 Å². The average molecular weight is 630 g/mol. The van der Waals surface area contributed by atoms with Crippen LogP contribution in [0.15, 0.2) is 53.5 Å². The Labute approximate surface area is 186 Å². The number of hydrogen-bond donors (Lipinski definition) is 0. The molecule has 2 aromatic rings. The summed E-state index contributed by atoms with van der Waals surface area (Å²) in [7, 11) is 15.0. The number of benzene rings is 2. The predicted octanol–water partition coefficient (Wildman–Crippen LogP) is 4.70. The Kier molecular flexibility index (Phi) is 8.65. The molecule has 0 N–H and O–H groups in total. The fourth-order valence-corrected chi connectivity index (χ4v) is 12.8. The van der Waals surface area contributed by atoms with Gasteiger partial charge in [-0.2, -0.15) is 0 Å². The van der Waals surface area contributed by atoms with E-state index in [1.807, 2.05) is 36.4 Å². The molecule has 0 bridgehead atoms. The van der Waals surface area contributed by atoms with Crippen LogP contribution < -0.4 is 11.3 Å². The quantitative estimate of drug-likeness (QED) is 0.460. The Hall–Kier alpha value is -0.827. The first-order valence-electron chi connectivity index (χ1n) is 10.3. The van der Waals surface area contributed by atoms with Crippen molar-refractivity contribution < 1.29 is 4.74 Å². The van der Waals surface area contributed by atoms with Gasteiger partial charge in [-0.15, -0.1) is 0 Å². The van der Waals surface area contributed by atoms with Crippen molar-refractivity contribution in [2.24, 2.45) is 4.99 Å². The third-order valence-electron chi connectivity index (χ3n) is 5.33. The molecular weight excluding hydrogens is 600 g/mol. The third kappa shape index (κ3) is 6.33. The molecule has 0 aliphatic carbocycles. The molecule has 0 amide bonds. The summed E-state index contributed by atoms with van der Waals surface area (Å²) in [6, 6.07) is 15.9. The first-order valence-corrected chi connectivity index (χ1v) is 22.3. The minimum atomic E-state index is -3.50. The van der Waals surface area contributed by atoms with E-state index < -0.39 is 17.9 Å². The zero-order valence-electron chi connectivity index (χ0n) is 17.3. The Morgan fingerprint density at radius 2 is 1.48 bits per heavy atom. The number of amidine groups is 1. The molecule has 3 nitrogen and oxygen atoms in total. The molecule has 0 spiro atoms. The SMILES string of the molecule is C1CCC2=NCCCN2CC1.COc1cc[c]([Bi]([Cl])([Cl])[c]2ccc(C)cc2)cc1. The molecule has 4 rings (SSSR count). The zero-order chi connectivity index (χ0) is 20.7. The molecule has 2 aliphatic heterocycles. The van der Waals surface area contributed by atoms with E-state index in [1.165, 1.54) is 56.6 Å². The van der Waals surface area contributed by atoms with E-state index in [-0.39, 0.29) is 0 Å². The molecule has 157 valence electrons. The molecule has 1 saturated heterocycles. The second kappa shape index (κ2) is 11.0. The van der Waals surface area contributed by atoms with E-state index in [1.54, 1.807) is 7.11 Å². The molecule has 0 aromatic heterocycles. The van der Waals surface area contributed by atoms with Gasteiger partial charge in [-0.25, -0.2) is 0 Å². The summed E-state index contributed by atoms with van der Waals surface area (Å²) in [6.07, 6.45) is 6.63. The van der Waals surface area contributed by atoms with Crippen LogP contribution in [0.5, 0.6) is 5.75 Å². The number of rotatable bonds is 3. The maximum atomic E-state index is 6.67. The summed E-state index contributed by atoms with van der Waals surface area (Å²) in [5.74, 6) is 2.22. The van der Waals surface area contributed by atoms with E-state index in [0.29, 0.717) is 0 Å². The number of aliphatic imine (C=N–C) groups is 1. The monoisotopic (exact) mass is 629 g/mol. The summed E-state index contributed by atoms with van der Waals surface area (Å²) >= 11 is -3.50. The van der Waals surface area contributed by atoms with Crippen molar-refractivity contribution in [3.63, 3.8) is 0 Å². The molecule has 0 atom stereocenters. The standard InChI is InChI=1S/C9H16N2.C7H7O.C7H7.Bi.2ClH/c1-2-5-9-10-6-4-8-11(9)7-3-1;1-8-7-5-3-2-4-6-7;1-7-5-3-2-4-6-7;;;/h1-8H2;3-6H,1H3;3-6H,1H3;;2*1H/q;;;+2;;/p-2. The number of hydrogen-bond acceptors (Lipinski definition) is 3. The molecule has 2 heterocycles. The molecule has 1 radical (unpaired) electrons. The summed E-state index contributed by atoms with van der Waals surface area (Å²) in [5.41, 5.74) is 1.21. The van der Waals surface area contributed by atoms with E-state index in [4.69, 9.17) is 21.8 Å². The number of halogens is 2. The van der Waals surface area contributed by atoms with E-state index in [2.05, 4.69) is 28.9 Å². The molecule has 0 unspecified atom stereocenters. The van der Waals surface area contributed by atoms with Gasteiger partial charge < -0.3 is 4.90 Å². The summed E-state index contributed by atoms with van der Waals surface area (Å²) in [5, 5.41) is 0. The van der Waals surface area contributed by atoms with Gasteiger partial charge in [0.25, 0.3) is 0 Å². The van der Waals surface area contributed by atoms with Crippen LogP contribution in [0.4, 0.5) is 0 Å². The van der Waals surface area contributed by atoms with Crippen molar-refractivity contribution in [2.75, 3.05) is 26.7 Å². The van der Waals surface area contributed by atoms with Crippen LogP contribution in [0, 0.1) is 6.92 Å². The second-order valence-electron chi connectivity index (χ2n) is 7.50. The molecular formula is C23H30BiCl2N2O. The van der Waals surface area contributed by atoms with Gasteiger partial charge in [-0.1, -0.05) is 6.42 Å². The maximum absolute atomic E-state index is 6.67. The predicted molar refractivity (Wildman–Crippen MR) is 128 cm³/mol. The van der Waals surface area contributed by atoms with Crippen molar-refractivity contribution in [2.45, 2.75) is 39.0 Å². The summed E-state index contributed by atoms with van der Waals surface area (Å²) in [6.45, 7) is 5.65. The minimum absolute atomic E-state index is 0.819. The Morgan fingerprint density at radius 1 is 0.862 bits per heavy atom. The number of methoxy groups -OCH3 is 1. The Balaban J connectivity index is 0.000000186. The van der Waals surface area contributed by atoms with Crippen LogP contribution in [0.1, 0.15) is 37.7 Å². The van der Waals surface area contributed by atoms with Crippen molar-refractivity contribution in [1.29, 1.82) is 0 Å². The molecule has 2 aromatic carbocycles. The van der Waals surface area contributed by atoms with Crippen LogP contribution in [0.25, 0.3) is 0 Å². The van der Waals surface area contributed by atoms with Gasteiger partial charge in [0.05, 0.1) is 5.84 Å². The third-order valence-corrected chi connectivity index (χ3v) is 19.5. The second-order valence-corrected chi connectivity index (χ2v) is 25.9. The summed E-state index contributed by atoms with van der Waals surface area (Å²) in [4.78, 5) is 7.04. The van der Waals surface area contributed by atoms with Crippen LogP contribution in [0.3, 0.4) is 0 Å². The van der Waals surface area contributed by atoms with Crippen LogP contribution in [-0.2, 0) is 0 Å². The average Bonchev–Trinajstić information content (AvgIpc) is 3.00. The topological polar surface area (TPSA) is 24.8 Å². The van der Waals surface area contributed by atoms with Gasteiger partial charge in [-0.3, -0.25) is 4.99 Å². The zero-order valence-corrected chi connectivity index (χ0v) is 22.3. The normalized spacial score (nSPS) is 16.7. The number of fused-ring (bicyclic) bond motifs is 1. The number of nitrogens with zero attached hydrogens (tertiary/aromatic N) is 2. The van der Waals surface area contributed by atoms with Crippen LogP contribution in [0.2, 0.25) is 0 Å². The van der Waals surface area contributed by atoms with Gasteiger partial charge in [0.15, 0.2) is 0 Å². The molecule has 6 heteroatoms. The van der Waals surface area contributed by atoms with Crippen LogP contribution >= 0.6 is 17.0 Å². The van der Waals surface area contributed by atoms with Crippen molar-refractivity contribution in [1.82, 2.24) is 4.90 Å². The molecule has 29 heavy (non-hydrogen) atoms. The first kappa shape index (κ1) is 22.8. The summed E-state index contributed by atoms with van der Waals surface area (Å²) < 4.78 is 7.26. The van der Waals surface area contributed by atoms with E-state index in [9.17, 15) is 0 Å². The Morgan fingerprint density at radius 3 is 2.14 bits per heavy atom. The van der Waals surface area contributed by atoms with Crippen molar-refractivity contribution in [3.05, 3.63) is 54.1 Å². The molecule has 0 saturated carbocycles. The van der Waals surface area contributed by atoms with E-state index >= 15 is 0 Å². The first-order chi connectivity index (χ1) is 14.0. The fourth-order valence-electron chi connectivity index (χ4n) is 3.59. The van der Waals surface area contributed by atoms with Crippen molar-refractivity contribution in [3.8, 4) is 5.75 Å². The van der Waals surface area contributed by atoms with Gasteiger partial charge in [0, 0.05) is 26.1 Å².